The fraction of sp³-hybridized carbons (Fsp3) is 0.500. The smallest absolute Gasteiger partial charge is 0.226 e. The maximum absolute atomic E-state index is 12.1. The Morgan fingerprint density at radius 2 is 2.08 bits per heavy atom. The highest BCUT2D eigenvalue weighted by Gasteiger charge is 2.14. The average molecular weight is 344 g/mol. The minimum Gasteiger partial charge on any atom is -0.378 e. The van der Waals surface area contributed by atoms with Crippen molar-refractivity contribution in [2.45, 2.75) is 32.7 Å². The van der Waals surface area contributed by atoms with E-state index in [1.54, 1.807) is 6.92 Å². The van der Waals surface area contributed by atoms with Crippen molar-refractivity contribution in [1.29, 1.82) is 0 Å². The SMILES string of the molecule is Cc1noc(CCCC(=O)NCc2ccccc2N2CCOCC2)n1. The molecule has 0 aliphatic carbocycles. The molecule has 134 valence electrons. The van der Waals surface area contributed by atoms with E-state index in [2.05, 4.69) is 32.5 Å². The Labute approximate surface area is 147 Å². The van der Waals surface area contributed by atoms with Crippen molar-refractivity contribution < 1.29 is 14.1 Å². The van der Waals surface area contributed by atoms with Gasteiger partial charge in [0.15, 0.2) is 5.82 Å². The van der Waals surface area contributed by atoms with Gasteiger partial charge in [-0.3, -0.25) is 4.79 Å². The summed E-state index contributed by atoms with van der Waals surface area (Å²) in [5.74, 6) is 1.25. The minimum absolute atomic E-state index is 0.0352. The van der Waals surface area contributed by atoms with Gasteiger partial charge in [0.25, 0.3) is 0 Å². The third-order valence-corrected chi connectivity index (χ3v) is 4.18. The zero-order valence-electron chi connectivity index (χ0n) is 14.5. The number of morpholine rings is 1. The summed E-state index contributed by atoms with van der Waals surface area (Å²) in [5, 5.41) is 6.75. The van der Waals surface area contributed by atoms with Gasteiger partial charge in [-0.1, -0.05) is 23.4 Å². The van der Waals surface area contributed by atoms with Crippen molar-refractivity contribution >= 4 is 11.6 Å². The van der Waals surface area contributed by atoms with Gasteiger partial charge in [0.1, 0.15) is 0 Å². The molecular weight excluding hydrogens is 320 g/mol. The molecule has 0 radical (unpaired) electrons. The highest BCUT2D eigenvalue weighted by molar-refractivity contribution is 5.76. The van der Waals surface area contributed by atoms with E-state index >= 15 is 0 Å². The second kappa shape index (κ2) is 8.62. The molecule has 1 amide bonds. The van der Waals surface area contributed by atoms with E-state index in [-0.39, 0.29) is 5.91 Å². The van der Waals surface area contributed by atoms with Crippen LogP contribution in [0.1, 0.15) is 30.1 Å². The van der Waals surface area contributed by atoms with Crippen molar-refractivity contribution in [2.75, 3.05) is 31.2 Å². The second-order valence-electron chi connectivity index (χ2n) is 6.09. The third-order valence-electron chi connectivity index (χ3n) is 4.18. The zero-order chi connectivity index (χ0) is 17.5. The number of carbonyl (C=O) groups is 1. The standard InChI is InChI=1S/C18H24N4O3/c1-14-20-18(25-21-14)8-4-7-17(23)19-13-15-5-2-3-6-16(15)22-9-11-24-12-10-22/h2-3,5-6H,4,7-13H2,1H3,(H,19,23). The largest absolute Gasteiger partial charge is 0.378 e. The van der Waals surface area contributed by atoms with E-state index in [0.717, 1.165) is 31.9 Å². The summed E-state index contributed by atoms with van der Waals surface area (Å²) in [4.78, 5) is 18.5. The highest BCUT2D eigenvalue weighted by atomic mass is 16.5. The lowest BCUT2D eigenvalue weighted by atomic mass is 10.1. The summed E-state index contributed by atoms with van der Waals surface area (Å²) in [6.45, 7) is 5.58. The van der Waals surface area contributed by atoms with Gasteiger partial charge in [0, 0.05) is 38.2 Å². The monoisotopic (exact) mass is 344 g/mol. The van der Waals surface area contributed by atoms with E-state index in [9.17, 15) is 4.79 Å². The fourth-order valence-corrected chi connectivity index (χ4v) is 2.90. The first kappa shape index (κ1) is 17.4. The second-order valence-corrected chi connectivity index (χ2v) is 6.09. The number of aromatic nitrogens is 2. The number of rotatable bonds is 7. The molecule has 1 aromatic heterocycles. The van der Waals surface area contributed by atoms with Crippen LogP contribution in [0.25, 0.3) is 0 Å². The molecule has 7 heteroatoms. The van der Waals surface area contributed by atoms with Crippen LogP contribution in [0.2, 0.25) is 0 Å². The van der Waals surface area contributed by atoms with Gasteiger partial charge in [-0.05, 0) is 25.0 Å². The molecule has 0 atom stereocenters. The Morgan fingerprint density at radius 1 is 1.28 bits per heavy atom. The van der Waals surface area contributed by atoms with Crippen molar-refractivity contribution in [3.05, 3.63) is 41.5 Å². The van der Waals surface area contributed by atoms with E-state index in [1.165, 1.54) is 5.69 Å². The molecule has 1 fully saturated rings. The Morgan fingerprint density at radius 3 is 2.84 bits per heavy atom. The molecule has 0 spiro atoms. The summed E-state index contributed by atoms with van der Waals surface area (Å²) < 4.78 is 10.5. The molecule has 25 heavy (non-hydrogen) atoms. The summed E-state index contributed by atoms with van der Waals surface area (Å²) in [6.07, 6.45) is 1.76. The van der Waals surface area contributed by atoms with Crippen LogP contribution in [0.5, 0.6) is 0 Å². The summed E-state index contributed by atoms with van der Waals surface area (Å²) in [5.41, 5.74) is 2.30. The molecule has 2 heterocycles. The number of carbonyl (C=O) groups excluding carboxylic acids is 1. The Hall–Kier alpha value is -2.41. The number of para-hydroxylation sites is 1. The normalized spacial score (nSPS) is 14.5. The number of benzene rings is 1. The average Bonchev–Trinajstić information content (AvgIpc) is 3.06. The molecule has 1 N–H and O–H groups in total. The first-order valence-corrected chi connectivity index (χ1v) is 8.69. The molecule has 7 nitrogen and oxygen atoms in total. The lowest BCUT2D eigenvalue weighted by Gasteiger charge is -2.30. The van der Waals surface area contributed by atoms with Crippen LogP contribution in [-0.4, -0.2) is 42.4 Å². The van der Waals surface area contributed by atoms with E-state index < -0.39 is 0 Å². The van der Waals surface area contributed by atoms with Gasteiger partial charge < -0.3 is 19.5 Å². The molecule has 1 saturated heterocycles. The van der Waals surface area contributed by atoms with Gasteiger partial charge in [0.05, 0.1) is 13.2 Å². The summed E-state index contributed by atoms with van der Waals surface area (Å²) >= 11 is 0. The van der Waals surface area contributed by atoms with Crippen LogP contribution in [0, 0.1) is 6.92 Å². The Balaban J connectivity index is 1.47. The molecule has 1 aliphatic rings. The van der Waals surface area contributed by atoms with Crippen molar-refractivity contribution in [3.8, 4) is 0 Å². The maximum atomic E-state index is 12.1. The molecule has 2 aromatic rings. The quantitative estimate of drug-likeness (QED) is 0.826. The van der Waals surface area contributed by atoms with E-state index in [1.807, 2.05) is 12.1 Å². The number of hydrogen-bond donors (Lipinski definition) is 1. The maximum Gasteiger partial charge on any atom is 0.226 e. The highest BCUT2D eigenvalue weighted by Crippen LogP contribution is 2.21. The summed E-state index contributed by atoms with van der Waals surface area (Å²) in [6, 6.07) is 8.20. The summed E-state index contributed by atoms with van der Waals surface area (Å²) in [7, 11) is 0. The first-order valence-electron chi connectivity index (χ1n) is 8.69. The number of hydrogen-bond acceptors (Lipinski definition) is 6. The van der Waals surface area contributed by atoms with Crippen molar-refractivity contribution in [1.82, 2.24) is 15.5 Å². The molecular formula is C18H24N4O3. The van der Waals surface area contributed by atoms with Crippen LogP contribution in [0.15, 0.2) is 28.8 Å². The zero-order valence-corrected chi connectivity index (χ0v) is 14.5. The van der Waals surface area contributed by atoms with Gasteiger partial charge in [0.2, 0.25) is 11.8 Å². The number of nitrogens with zero attached hydrogens (tertiary/aromatic N) is 3. The topological polar surface area (TPSA) is 80.5 Å². The molecule has 1 aromatic carbocycles. The molecule has 0 unspecified atom stereocenters. The number of anilines is 1. The Bertz CT molecular complexity index is 695. The first-order chi connectivity index (χ1) is 12.2. The van der Waals surface area contributed by atoms with Gasteiger partial charge >= 0.3 is 0 Å². The predicted molar refractivity (Wildman–Crippen MR) is 93.3 cm³/mol. The molecule has 0 bridgehead atoms. The lowest BCUT2D eigenvalue weighted by molar-refractivity contribution is -0.121. The van der Waals surface area contributed by atoms with Crippen LogP contribution < -0.4 is 10.2 Å². The van der Waals surface area contributed by atoms with Crippen LogP contribution in [0.4, 0.5) is 5.69 Å². The molecule has 3 rings (SSSR count). The van der Waals surface area contributed by atoms with Gasteiger partial charge in [-0.2, -0.15) is 4.98 Å². The van der Waals surface area contributed by atoms with Crippen molar-refractivity contribution in [2.24, 2.45) is 0 Å². The third kappa shape index (κ3) is 5.03. The van der Waals surface area contributed by atoms with Crippen LogP contribution >= 0.6 is 0 Å². The minimum atomic E-state index is 0.0352. The Kier molecular flexibility index (Phi) is 6.00. The number of amides is 1. The predicted octanol–water partition coefficient (Wildman–Crippen LogP) is 1.85. The number of aryl methyl sites for hydroxylation is 2. The number of ether oxygens (including phenoxy) is 1. The molecule has 1 aliphatic heterocycles. The van der Waals surface area contributed by atoms with E-state index in [4.69, 9.17) is 9.26 Å². The van der Waals surface area contributed by atoms with Gasteiger partial charge in [-0.25, -0.2) is 0 Å². The number of nitrogens with one attached hydrogen (secondary N) is 1. The van der Waals surface area contributed by atoms with Crippen molar-refractivity contribution in [3.63, 3.8) is 0 Å². The van der Waals surface area contributed by atoms with Crippen LogP contribution in [-0.2, 0) is 22.5 Å². The molecule has 0 saturated carbocycles. The van der Waals surface area contributed by atoms with Crippen LogP contribution in [0.3, 0.4) is 0 Å². The van der Waals surface area contributed by atoms with Gasteiger partial charge in [-0.15, -0.1) is 0 Å². The lowest BCUT2D eigenvalue weighted by Crippen LogP contribution is -2.37. The fourth-order valence-electron chi connectivity index (χ4n) is 2.90. The van der Waals surface area contributed by atoms with E-state index in [0.29, 0.717) is 37.5 Å².